The second-order valence-electron chi connectivity index (χ2n) is 4.26. The van der Waals surface area contributed by atoms with Crippen molar-refractivity contribution < 1.29 is 4.79 Å². The molecule has 1 amide bonds. The molecular formula is C13H16N4OS. The van der Waals surface area contributed by atoms with Gasteiger partial charge in [0.05, 0.1) is 0 Å². The van der Waals surface area contributed by atoms with Crippen molar-refractivity contribution in [3.63, 3.8) is 0 Å². The number of amides is 1. The molecule has 0 spiro atoms. The van der Waals surface area contributed by atoms with Gasteiger partial charge in [-0.25, -0.2) is 4.98 Å². The minimum Gasteiger partial charge on any atom is -0.326 e. The standard InChI is InChI=1S/C13H16N4OS/c1-9(7-19-2)13(18)16-11-5-3-4-10(6-11)12-14-8-15-17-12/h3-6,8-9H,7H2,1-2H3,(H,16,18)(H,14,15,17). The van der Waals surface area contributed by atoms with Crippen molar-refractivity contribution in [1.29, 1.82) is 0 Å². The van der Waals surface area contributed by atoms with Crippen LogP contribution in [0.15, 0.2) is 30.6 Å². The topological polar surface area (TPSA) is 70.7 Å². The van der Waals surface area contributed by atoms with Crippen LogP contribution in [0.4, 0.5) is 5.69 Å². The Morgan fingerprint density at radius 2 is 2.37 bits per heavy atom. The van der Waals surface area contributed by atoms with Gasteiger partial charge in [-0.2, -0.15) is 16.9 Å². The summed E-state index contributed by atoms with van der Waals surface area (Å²) in [5, 5.41) is 9.53. The number of rotatable bonds is 5. The summed E-state index contributed by atoms with van der Waals surface area (Å²) in [6, 6.07) is 7.54. The number of nitrogens with one attached hydrogen (secondary N) is 2. The second-order valence-corrected chi connectivity index (χ2v) is 5.17. The zero-order valence-corrected chi connectivity index (χ0v) is 11.7. The van der Waals surface area contributed by atoms with E-state index in [1.54, 1.807) is 11.8 Å². The van der Waals surface area contributed by atoms with E-state index in [2.05, 4.69) is 20.5 Å². The largest absolute Gasteiger partial charge is 0.326 e. The molecule has 0 radical (unpaired) electrons. The van der Waals surface area contributed by atoms with Crippen LogP contribution in [0.5, 0.6) is 0 Å². The van der Waals surface area contributed by atoms with Crippen molar-refractivity contribution in [1.82, 2.24) is 15.2 Å². The van der Waals surface area contributed by atoms with E-state index in [1.807, 2.05) is 37.4 Å². The fraction of sp³-hybridized carbons (Fsp3) is 0.308. The average molecular weight is 276 g/mol. The molecule has 0 aliphatic carbocycles. The highest BCUT2D eigenvalue weighted by molar-refractivity contribution is 7.98. The zero-order valence-electron chi connectivity index (χ0n) is 10.9. The van der Waals surface area contributed by atoms with Crippen molar-refractivity contribution in [3.8, 4) is 11.4 Å². The Bertz CT molecular complexity index is 541. The van der Waals surface area contributed by atoms with Crippen LogP contribution in [-0.4, -0.2) is 33.1 Å². The number of hydrogen-bond acceptors (Lipinski definition) is 4. The number of hydrogen-bond donors (Lipinski definition) is 2. The van der Waals surface area contributed by atoms with E-state index in [0.717, 1.165) is 17.0 Å². The fourth-order valence-electron chi connectivity index (χ4n) is 1.68. The van der Waals surface area contributed by atoms with Crippen molar-refractivity contribution in [3.05, 3.63) is 30.6 Å². The number of aromatic nitrogens is 3. The van der Waals surface area contributed by atoms with E-state index in [9.17, 15) is 4.79 Å². The van der Waals surface area contributed by atoms with Crippen molar-refractivity contribution >= 4 is 23.4 Å². The second kappa shape index (κ2) is 6.38. The Labute approximate surface area is 116 Å². The quantitative estimate of drug-likeness (QED) is 0.879. The number of nitrogens with zero attached hydrogens (tertiary/aromatic N) is 2. The van der Waals surface area contributed by atoms with Gasteiger partial charge in [0.25, 0.3) is 0 Å². The van der Waals surface area contributed by atoms with Gasteiger partial charge in [-0.3, -0.25) is 9.89 Å². The molecule has 1 atom stereocenters. The summed E-state index contributed by atoms with van der Waals surface area (Å²) in [5.41, 5.74) is 1.67. The van der Waals surface area contributed by atoms with Crippen LogP contribution in [0.25, 0.3) is 11.4 Å². The molecule has 0 aliphatic rings. The minimum absolute atomic E-state index is 0.0102. The van der Waals surface area contributed by atoms with Gasteiger partial charge in [-0.05, 0) is 18.4 Å². The predicted molar refractivity (Wildman–Crippen MR) is 78.0 cm³/mol. The smallest absolute Gasteiger partial charge is 0.228 e. The molecule has 0 bridgehead atoms. The number of benzene rings is 1. The predicted octanol–water partition coefficient (Wildman–Crippen LogP) is 2.41. The van der Waals surface area contributed by atoms with Crippen molar-refractivity contribution in [2.45, 2.75) is 6.92 Å². The maximum atomic E-state index is 11.9. The molecule has 0 fully saturated rings. The summed E-state index contributed by atoms with van der Waals surface area (Å²) in [5.74, 6) is 1.52. The first-order valence-electron chi connectivity index (χ1n) is 5.96. The number of carbonyl (C=O) groups excluding carboxylic acids is 1. The molecule has 0 aliphatic heterocycles. The lowest BCUT2D eigenvalue weighted by Crippen LogP contribution is -2.22. The first-order chi connectivity index (χ1) is 9.20. The molecule has 0 saturated heterocycles. The van der Waals surface area contributed by atoms with E-state index in [-0.39, 0.29) is 11.8 Å². The Hall–Kier alpha value is -1.82. The van der Waals surface area contributed by atoms with Gasteiger partial charge < -0.3 is 5.32 Å². The first-order valence-corrected chi connectivity index (χ1v) is 7.35. The van der Waals surface area contributed by atoms with Crippen LogP contribution in [0.1, 0.15) is 6.92 Å². The molecule has 1 aromatic heterocycles. The highest BCUT2D eigenvalue weighted by Gasteiger charge is 2.12. The lowest BCUT2D eigenvalue weighted by atomic mass is 10.1. The molecular weight excluding hydrogens is 260 g/mol. The number of aromatic amines is 1. The molecule has 2 N–H and O–H groups in total. The maximum absolute atomic E-state index is 11.9. The summed E-state index contributed by atoms with van der Waals surface area (Å²) in [4.78, 5) is 16.0. The number of anilines is 1. The van der Waals surface area contributed by atoms with Crippen LogP contribution >= 0.6 is 11.8 Å². The van der Waals surface area contributed by atoms with E-state index < -0.39 is 0 Å². The van der Waals surface area contributed by atoms with Gasteiger partial charge in [0, 0.05) is 22.9 Å². The van der Waals surface area contributed by atoms with Crippen LogP contribution < -0.4 is 5.32 Å². The average Bonchev–Trinajstić information content (AvgIpc) is 2.93. The third-order valence-electron chi connectivity index (χ3n) is 2.68. The van der Waals surface area contributed by atoms with Gasteiger partial charge in [-0.15, -0.1) is 0 Å². The van der Waals surface area contributed by atoms with Crippen LogP contribution in [0.2, 0.25) is 0 Å². The molecule has 1 unspecified atom stereocenters. The van der Waals surface area contributed by atoms with Gasteiger partial charge in [0.1, 0.15) is 6.33 Å². The molecule has 6 heteroatoms. The molecule has 100 valence electrons. The minimum atomic E-state index is -0.0102. The Balaban J connectivity index is 2.09. The SMILES string of the molecule is CSCC(C)C(=O)Nc1cccc(-c2ncn[nH]2)c1. The first kappa shape index (κ1) is 13.6. The third-order valence-corrected chi connectivity index (χ3v) is 3.52. The number of thioether (sulfide) groups is 1. The highest BCUT2D eigenvalue weighted by Crippen LogP contribution is 2.19. The molecule has 5 nitrogen and oxygen atoms in total. The fourth-order valence-corrected chi connectivity index (χ4v) is 2.33. The third kappa shape index (κ3) is 3.57. The Morgan fingerprint density at radius 1 is 1.53 bits per heavy atom. The normalized spacial score (nSPS) is 12.1. The van der Waals surface area contributed by atoms with Gasteiger partial charge in [-0.1, -0.05) is 19.1 Å². The highest BCUT2D eigenvalue weighted by atomic mass is 32.2. The lowest BCUT2D eigenvalue weighted by Gasteiger charge is -2.11. The molecule has 1 aromatic carbocycles. The molecule has 1 heterocycles. The summed E-state index contributed by atoms with van der Waals surface area (Å²) in [6.45, 7) is 1.92. The van der Waals surface area contributed by atoms with Crippen molar-refractivity contribution in [2.75, 3.05) is 17.3 Å². The van der Waals surface area contributed by atoms with Crippen LogP contribution in [-0.2, 0) is 4.79 Å². The van der Waals surface area contributed by atoms with Crippen LogP contribution in [0, 0.1) is 5.92 Å². The number of H-pyrrole nitrogens is 1. The molecule has 2 rings (SSSR count). The Morgan fingerprint density at radius 3 is 3.05 bits per heavy atom. The molecule has 0 saturated carbocycles. The van der Waals surface area contributed by atoms with E-state index >= 15 is 0 Å². The summed E-state index contributed by atoms with van der Waals surface area (Å²) >= 11 is 1.67. The Kier molecular flexibility index (Phi) is 4.57. The van der Waals surface area contributed by atoms with E-state index in [0.29, 0.717) is 5.82 Å². The summed E-state index contributed by atoms with van der Waals surface area (Å²) in [6.07, 6.45) is 3.45. The van der Waals surface area contributed by atoms with Crippen LogP contribution in [0.3, 0.4) is 0 Å². The molecule has 2 aromatic rings. The monoisotopic (exact) mass is 276 g/mol. The summed E-state index contributed by atoms with van der Waals surface area (Å²) in [7, 11) is 0. The van der Waals surface area contributed by atoms with Gasteiger partial charge in [0.15, 0.2) is 5.82 Å². The molecule has 19 heavy (non-hydrogen) atoms. The van der Waals surface area contributed by atoms with Gasteiger partial charge >= 0.3 is 0 Å². The number of carbonyl (C=O) groups is 1. The summed E-state index contributed by atoms with van der Waals surface area (Å²) < 4.78 is 0. The zero-order chi connectivity index (χ0) is 13.7. The maximum Gasteiger partial charge on any atom is 0.228 e. The van der Waals surface area contributed by atoms with Gasteiger partial charge in [0.2, 0.25) is 5.91 Å². The van der Waals surface area contributed by atoms with E-state index in [1.165, 1.54) is 6.33 Å². The van der Waals surface area contributed by atoms with E-state index in [4.69, 9.17) is 0 Å². The lowest BCUT2D eigenvalue weighted by molar-refractivity contribution is -0.118. The van der Waals surface area contributed by atoms with Crippen molar-refractivity contribution in [2.24, 2.45) is 5.92 Å².